The maximum atomic E-state index is 11.8. The molecule has 1 heterocycles. The fraction of sp³-hybridized carbons (Fsp3) is 0.364. The number of nitrogens with one attached hydrogen (secondary N) is 2. The van der Waals surface area contributed by atoms with Crippen LogP contribution in [-0.2, 0) is 11.2 Å². The van der Waals surface area contributed by atoms with Gasteiger partial charge in [-0.3, -0.25) is 0 Å². The largest absolute Gasteiger partial charge is 0.465 e. The Kier molecular flexibility index (Phi) is 6.52. The Morgan fingerprint density at radius 3 is 2.82 bits per heavy atom. The number of para-hydroxylation sites is 1. The maximum absolute atomic E-state index is 11.8. The molecule has 2 aromatic carbocycles. The highest BCUT2D eigenvalue weighted by Crippen LogP contribution is 2.31. The monoisotopic (exact) mass is 397 g/mol. The van der Waals surface area contributed by atoms with Crippen molar-refractivity contribution in [3.63, 3.8) is 0 Å². The molecule has 0 saturated heterocycles. The molecule has 1 aliphatic rings. The number of methoxy groups -OCH3 is 1. The third kappa shape index (κ3) is 4.44. The fourth-order valence-corrected chi connectivity index (χ4v) is 3.90. The van der Waals surface area contributed by atoms with Gasteiger partial charge in [-0.25, -0.2) is 4.79 Å². The van der Waals surface area contributed by atoms with Crippen LogP contribution in [0.2, 0.25) is 0 Å². The van der Waals surface area contributed by atoms with Gasteiger partial charge in [0, 0.05) is 30.5 Å². The zero-order valence-electron chi connectivity index (χ0n) is 16.6. The Labute approximate surface area is 172 Å². The van der Waals surface area contributed by atoms with Gasteiger partial charge in [0.2, 0.25) is 0 Å². The summed E-state index contributed by atoms with van der Waals surface area (Å²) < 4.78 is 4.82. The first-order valence-electron chi connectivity index (χ1n) is 9.58. The summed E-state index contributed by atoms with van der Waals surface area (Å²) in [5, 5.41) is 7.00. The standard InChI is InChI=1S/C22H27N3O2S/c1-15-14-17-8-4-5-11-20(17)25(15)13-7-12-23-22(28)24-19-10-6-9-18(16(19)2)21(26)27-3/h4-6,8-11,15H,7,12-14H2,1-3H3,(H2,23,24,28). The summed E-state index contributed by atoms with van der Waals surface area (Å²) in [4.78, 5) is 14.3. The molecule has 2 N–H and O–H groups in total. The van der Waals surface area contributed by atoms with Gasteiger partial charge in [0.1, 0.15) is 0 Å². The van der Waals surface area contributed by atoms with Crippen LogP contribution in [-0.4, -0.2) is 37.3 Å². The lowest BCUT2D eigenvalue weighted by atomic mass is 10.1. The van der Waals surface area contributed by atoms with Gasteiger partial charge in [-0.15, -0.1) is 0 Å². The molecule has 0 saturated carbocycles. The van der Waals surface area contributed by atoms with Crippen LogP contribution in [0.25, 0.3) is 0 Å². The molecule has 28 heavy (non-hydrogen) atoms. The van der Waals surface area contributed by atoms with Gasteiger partial charge < -0.3 is 20.3 Å². The maximum Gasteiger partial charge on any atom is 0.338 e. The average Bonchev–Trinajstić information content (AvgIpc) is 3.01. The molecule has 3 rings (SSSR count). The van der Waals surface area contributed by atoms with Crippen molar-refractivity contribution in [1.29, 1.82) is 0 Å². The number of ether oxygens (including phenoxy) is 1. The van der Waals surface area contributed by atoms with E-state index >= 15 is 0 Å². The summed E-state index contributed by atoms with van der Waals surface area (Å²) in [5.74, 6) is -0.347. The van der Waals surface area contributed by atoms with Gasteiger partial charge in [0.25, 0.3) is 0 Å². The first kappa shape index (κ1) is 20.1. The van der Waals surface area contributed by atoms with Gasteiger partial charge in [-0.1, -0.05) is 24.3 Å². The van der Waals surface area contributed by atoms with Crippen molar-refractivity contribution < 1.29 is 9.53 Å². The van der Waals surface area contributed by atoms with Crippen LogP contribution < -0.4 is 15.5 Å². The highest BCUT2D eigenvalue weighted by molar-refractivity contribution is 7.80. The summed E-state index contributed by atoms with van der Waals surface area (Å²) in [6.07, 6.45) is 2.10. The minimum Gasteiger partial charge on any atom is -0.465 e. The molecule has 0 aromatic heterocycles. The highest BCUT2D eigenvalue weighted by Gasteiger charge is 2.24. The van der Waals surface area contributed by atoms with Crippen LogP contribution >= 0.6 is 12.2 Å². The molecule has 2 aromatic rings. The van der Waals surface area contributed by atoms with E-state index in [-0.39, 0.29) is 5.97 Å². The first-order valence-corrected chi connectivity index (χ1v) is 9.99. The van der Waals surface area contributed by atoms with E-state index in [1.54, 1.807) is 6.07 Å². The molecule has 1 aliphatic heterocycles. The molecule has 5 nitrogen and oxygen atoms in total. The fourth-order valence-electron chi connectivity index (χ4n) is 3.69. The number of hydrogen-bond acceptors (Lipinski definition) is 4. The SMILES string of the molecule is COC(=O)c1cccc(NC(=S)NCCCN2c3ccccc3CC2C)c1C. The zero-order chi connectivity index (χ0) is 20.1. The van der Waals surface area contributed by atoms with Crippen molar-refractivity contribution in [1.82, 2.24) is 5.32 Å². The van der Waals surface area contributed by atoms with E-state index in [1.165, 1.54) is 18.4 Å². The number of esters is 1. The average molecular weight is 398 g/mol. The Morgan fingerprint density at radius 1 is 1.25 bits per heavy atom. The minimum absolute atomic E-state index is 0.347. The van der Waals surface area contributed by atoms with Crippen LogP contribution in [0.3, 0.4) is 0 Å². The zero-order valence-corrected chi connectivity index (χ0v) is 17.4. The molecule has 148 valence electrons. The number of carbonyl (C=O) groups excluding carboxylic acids is 1. The lowest BCUT2D eigenvalue weighted by Gasteiger charge is -2.25. The van der Waals surface area contributed by atoms with E-state index in [0.717, 1.165) is 37.2 Å². The molecule has 0 bridgehead atoms. The second-order valence-corrected chi connectivity index (χ2v) is 7.49. The van der Waals surface area contributed by atoms with Gasteiger partial charge in [-0.2, -0.15) is 0 Å². The molecular formula is C22H27N3O2S. The van der Waals surface area contributed by atoms with Crippen molar-refractivity contribution in [3.05, 3.63) is 59.2 Å². The van der Waals surface area contributed by atoms with E-state index in [1.807, 2.05) is 19.1 Å². The number of carbonyl (C=O) groups is 1. The topological polar surface area (TPSA) is 53.6 Å². The summed E-state index contributed by atoms with van der Waals surface area (Å²) >= 11 is 5.42. The van der Waals surface area contributed by atoms with Crippen LogP contribution in [0.4, 0.5) is 11.4 Å². The van der Waals surface area contributed by atoms with E-state index in [9.17, 15) is 4.79 Å². The molecule has 1 atom stereocenters. The summed E-state index contributed by atoms with van der Waals surface area (Å²) in [6, 6.07) is 14.6. The Morgan fingerprint density at radius 2 is 2.04 bits per heavy atom. The van der Waals surface area contributed by atoms with Crippen molar-refractivity contribution in [3.8, 4) is 0 Å². The number of hydrogen-bond donors (Lipinski definition) is 2. The van der Waals surface area contributed by atoms with E-state index in [4.69, 9.17) is 17.0 Å². The van der Waals surface area contributed by atoms with E-state index in [0.29, 0.717) is 16.7 Å². The van der Waals surface area contributed by atoms with Gasteiger partial charge in [0.15, 0.2) is 5.11 Å². The lowest BCUT2D eigenvalue weighted by Crippen LogP contribution is -2.34. The van der Waals surface area contributed by atoms with Gasteiger partial charge in [0.05, 0.1) is 12.7 Å². The number of nitrogens with zero attached hydrogens (tertiary/aromatic N) is 1. The third-order valence-electron chi connectivity index (χ3n) is 5.20. The Balaban J connectivity index is 1.49. The highest BCUT2D eigenvalue weighted by atomic mass is 32.1. The van der Waals surface area contributed by atoms with Crippen molar-refractivity contribution in [2.45, 2.75) is 32.7 Å². The Bertz CT molecular complexity index is 869. The van der Waals surface area contributed by atoms with Crippen LogP contribution in [0, 0.1) is 6.92 Å². The summed E-state index contributed by atoms with van der Waals surface area (Å²) in [5.41, 5.74) is 4.95. The van der Waals surface area contributed by atoms with Crippen LogP contribution in [0.15, 0.2) is 42.5 Å². The number of benzene rings is 2. The molecular weight excluding hydrogens is 370 g/mol. The van der Waals surface area contributed by atoms with Crippen molar-refractivity contribution in [2.75, 3.05) is 30.4 Å². The normalized spacial score (nSPS) is 15.1. The van der Waals surface area contributed by atoms with Gasteiger partial charge >= 0.3 is 5.97 Å². The molecule has 0 amide bonds. The lowest BCUT2D eigenvalue weighted by molar-refractivity contribution is 0.0600. The third-order valence-corrected chi connectivity index (χ3v) is 5.44. The summed E-state index contributed by atoms with van der Waals surface area (Å²) in [7, 11) is 1.38. The number of fused-ring (bicyclic) bond motifs is 1. The van der Waals surface area contributed by atoms with E-state index < -0.39 is 0 Å². The summed E-state index contributed by atoms with van der Waals surface area (Å²) in [6.45, 7) is 5.93. The van der Waals surface area contributed by atoms with Crippen molar-refractivity contribution in [2.24, 2.45) is 0 Å². The van der Waals surface area contributed by atoms with Gasteiger partial charge in [-0.05, 0) is 68.2 Å². The quantitative estimate of drug-likeness (QED) is 0.438. The number of rotatable bonds is 6. The second kappa shape index (κ2) is 9.06. The van der Waals surface area contributed by atoms with E-state index in [2.05, 4.69) is 46.7 Å². The molecule has 6 heteroatoms. The second-order valence-electron chi connectivity index (χ2n) is 7.08. The molecule has 0 radical (unpaired) electrons. The number of anilines is 2. The van der Waals surface area contributed by atoms with Crippen molar-refractivity contribution >= 4 is 34.7 Å². The first-order chi connectivity index (χ1) is 13.5. The van der Waals surface area contributed by atoms with Crippen LogP contribution in [0.5, 0.6) is 0 Å². The molecule has 0 fully saturated rings. The Hall–Kier alpha value is -2.60. The number of thiocarbonyl (C=S) groups is 1. The predicted molar refractivity (Wildman–Crippen MR) is 118 cm³/mol. The molecule has 0 aliphatic carbocycles. The smallest absolute Gasteiger partial charge is 0.338 e. The predicted octanol–water partition coefficient (Wildman–Crippen LogP) is 3.91. The minimum atomic E-state index is -0.347. The molecule has 0 spiro atoms. The van der Waals surface area contributed by atoms with Crippen LogP contribution in [0.1, 0.15) is 34.8 Å². The molecule has 1 unspecified atom stereocenters.